The zero-order chi connectivity index (χ0) is 22.1. The van der Waals surface area contributed by atoms with Crippen LogP contribution in [0.2, 0.25) is 5.02 Å². The number of benzene rings is 1. The van der Waals surface area contributed by atoms with Crippen LogP contribution in [-0.2, 0) is 6.54 Å². The van der Waals surface area contributed by atoms with Gasteiger partial charge in [-0.3, -0.25) is 0 Å². The number of anilines is 3. The molecule has 162 valence electrons. The van der Waals surface area contributed by atoms with Gasteiger partial charge in [-0.2, -0.15) is 9.97 Å². The van der Waals surface area contributed by atoms with E-state index in [2.05, 4.69) is 39.4 Å². The highest BCUT2D eigenvalue weighted by Crippen LogP contribution is 2.27. The molecule has 5 N–H and O–H groups in total. The molecule has 0 amide bonds. The topological polar surface area (TPSA) is 114 Å². The van der Waals surface area contributed by atoms with E-state index in [4.69, 9.17) is 17.3 Å². The van der Waals surface area contributed by atoms with Gasteiger partial charge in [0.15, 0.2) is 17.0 Å². The van der Waals surface area contributed by atoms with Crippen molar-refractivity contribution in [2.24, 2.45) is 5.92 Å². The molecule has 3 aromatic rings. The van der Waals surface area contributed by atoms with Crippen LogP contribution >= 0.6 is 11.6 Å². The lowest BCUT2D eigenvalue weighted by Crippen LogP contribution is -2.33. The first-order chi connectivity index (χ1) is 14.1. The second-order valence-electron chi connectivity index (χ2n) is 8.42. The van der Waals surface area contributed by atoms with E-state index < -0.39 is 5.60 Å². The van der Waals surface area contributed by atoms with Gasteiger partial charge in [-0.05, 0) is 39.3 Å². The molecule has 9 heteroatoms. The van der Waals surface area contributed by atoms with Crippen molar-refractivity contribution in [1.29, 1.82) is 0 Å². The molecule has 0 fully saturated rings. The fraction of sp³-hybridized carbons (Fsp3) is 0.476. The second-order valence-corrected chi connectivity index (χ2v) is 8.82. The number of hydrogen-bond acceptors (Lipinski definition) is 7. The Balaban J connectivity index is 1.92. The molecule has 30 heavy (non-hydrogen) atoms. The molecule has 1 aromatic carbocycles. The van der Waals surface area contributed by atoms with Gasteiger partial charge in [0, 0.05) is 25.0 Å². The Morgan fingerprint density at radius 3 is 2.60 bits per heavy atom. The van der Waals surface area contributed by atoms with E-state index in [0.717, 1.165) is 11.2 Å². The molecule has 0 radical (unpaired) electrons. The van der Waals surface area contributed by atoms with E-state index in [0.29, 0.717) is 41.1 Å². The predicted octanol–water partition coefficient (Wildman–Crippen LogP) is 4.07. The molecule has 0 saturated carbocycles. The maximum Gasteiger partial charge on any atom is 0.226 e. The summed E-state index contributed by atoms with van der Waals surface area (Å²) < 4.78 is 2.00. The van der Waals surface area contributed by atoms with Gasteiger partial charge in [-0.25, -0.2) is 4.98 Å². The first-order valence-electron chi connectivity index (χ1n) is 10.1. The highest BCUT2D eigenvalue weighted by Gasteiger charge is 2.23. The molecule has 0 aliphatic rings. The maximum atomic E-state index is 10.2. The Bertz CT molecular complexity index is 1030. The summed E-state index contributed by atoms with van der Waals surface area (Å²) in [4.78, 5) is 13.8. The molecular weight excluding hydrogens is 402 g/mol. The number of nitrogens with zero attached hydrogens (tertiary/aromatic N) is 4. The van der Waals surface area contributed by atoms with Crippen LogP contribution in [0.3, 0.4) is 0 Å². The fourth-order valence-corrected chi connectivity index (χ4v) is 3.10. The van der Waals surface area contributed by atoms with Crippen molar-refractivity contribution in [2.75, 3.05) is 22.9 Å². The monoisotopic (exact) mass is 431 g/mol. The van der Waals surface area contributed by atoms with E-state index in [1.807, 2.05) is 23.6 Å². The molecule has 0 saturated heterocycles. The molecule has 2 aromatic heterocycles. The van der Waals surface area contributed by atoms with Crippen LogP contribution in [0, 0.1) is 5.92 Å². The van der Waals surface area contributed by atoms with Crippen molar-refractivity contribution in [1.82, 2.24) is 19.5 Å². The minimum absolute atomic E-state index is 0.00877. The lowest BCUT2D eigenvalue weighted by atomic mass is 9.93. The van der Waals surface area contributed by atoms with Crippen LogP contribution in [0.4, 0.5) is 17.5 Å². The van der Waals surface area contributed by atoms with E-state index in [-0.39, 0.29) is 12.0 Å². The van der Waals surface area contributed by atoms with Crippen LogP contribution < -0.4 is 16.4 Å². The molecule has 3 rings (SSSR count). The van der Waals surface area contributed by atoms with Gasteiger partial charge in [0.25, 0.3) is 0 Å². The molecule has 0 spiro atoms. The fourth-order valence-electron chi connectivity index (χ4n) is 2.91. The molecule has 0 aliphatic heterocycles. The number of nitrogens with two attached hydrogens (primary N) is 1. The average molecular weight is 432 g/mol. The van der Waals surface area contributed by atoms with Crippen molar-refractivity contribution in [2.45, 2.75) is 52.8 Å². The Kier molecular flexibility index (Phi) is 6.38. The summed E-state index contributed by atoms with van der Waals surface area (Å²) in [6.45, 7) is 10.7. The third-order valence-electron chi connectivity index (χ3n) is 5.34. The lowest BCUT2D eigenvalue weighted by molar-refractivity contribution is 0.0303. The quantitative estimate of drug-likeness (QED) is 0.397. The van der Waals surface area contributed by atoms with E-state index >= 15 is 0 Å². The minimum atomic E-state index is -0.804. The Hall–Kier alpha value is -2.58. The standard InChI is InChI=1S/C21H30ClN7O/c1-12(2)29-11-26-17-18(24-10-14-7-6-8-15(22)16(14)23)27-20(28-19(17)29)25-9-13(3)21(4,5)30/h6-8,11-13,30H,9-10,23H2,1-5H3,(H2,24,25,27,28). The molecule has 8 nitrogen and oxygen atoms in total. The smallest absolute Gasteiger partial charge is 0.226 e. The summed E-state index contributed by atoms with van der Waals surface area (Å²) in [6, 6.07) is 5.75. The predicted molar refractivity (Wildman–Crippen MR) is 123 cm³/mol. The summed E-state index contributed by atoms with van der Waals surface area (Å²) in [5.74, 6) is 1.09. The van der Waals surface area contributed by atoms with Gasteiger partial charge in [-0.15, -0.1) is 0 Å². The van der Waals surface area contributed by atoms with Gasteiger partial charge in [0.05, 0.1) is 22.6 Å². The number of imidazole rings is 1. The van der Waals surface area contributed by atoms with Crippen molar-refractivity contribution < 1.29 is 5.11 Å². The van der Waals surface area contributed by atoms with Crippen molar-refractivity contribution in [3.05, 3.63) is 35.1 Å². The number of para-hydroxylation sites is 1. The second kappa shape index (κ2) is 8.65. The molecule has 0 bridgehead atoms. The number of aliphatic hydroxyl groups is 1. The molecule has 1 unspecified atom stereocenters. The Morgan fingerprint density at radius 2 is 1.93 bits per heavy atom. The largest absolute Gasteiger partial charge is 0.397 e. The minimum Gasteiger partial charge on any atom is -0.397 e. The van der Waals surface area contributed by atoms with Gasteiger partial charge < -0.3 is 26.0 Å². The van der Waals surface area contributed by atoms with E-state index in [9.17, 15) is 5.11 Å². The number of fused-ring (bicyclic) bond motifs is 1. The number of halogens is 1. The zero-order valence-corrected chi connectivity index (χ0v) is 18.8. The number of rotatable bonds is 8. The van der Waals surface area contributed by atoms with E-state index in [1.165, 1.54) is 0 Å². The van der Waals surface area contributed by atoms with Gasteiger partial charge in [0.2, 0.25) is 5.95 Å². The first kappa shape index (κ1) is 22.1. The summed E-state index contributed by atoms with van der Waals surface area (Å²) in [5.41, 5.74) is 8.13. The average Bonchev–Trinajstić information content (AvgIpc) is 3.10. The Labute approximate surface area is 181 Å². The van der Waals surface area contributed by atoms with Crippen LogP contribution in [0.5, 0.6) is 0 Å². The number of nitrogens with one attached hydrogen (secondary N) is 2. The van der Waals surface area contributed by atoms with Crippen LogP contribution in [0.15, 0.2) is 24.5 Å². The Morgan fingerprint density at radius 1 is 1.20 bits per heavy atom. The first-order valence-corrected chi connectivity index (χ1v) is 10.4. The number of hydrogen-bond donors (Lipinski definition) is 4. The highest BCUT2D eigenvalue weighted by molar-refractivity contribution is 6.33. The van der Waals surface area contributed by atoms with Crippen molar-refractivity contribution in [3.8, 4) is 0 Å². The normalized spacial score (nSPS) is 13.1. The van der Waals surface area contributed by atoms with Gasteiger partial charge in [-0.1, -0.05) is 30.7 Å². The zero-order valence-electron chi connectivity index (χ0n) is 18.1. The molecule has 0 aliphatic carbocycles. The van der Waals surface area contributed by atoms with Crippen LogP contribution in [0.1, 0.15) is 46.2 Å². The van der Waals surface area contributed by atoms with Crippen molar-refractivity contribution in [3.63, 3.8) is 0 Å². The van der Waals surface area contributed by atoms with Gasteiger partial charge >= 0.3 is 0 Å². The summed E-state index contributed by atoms with van der Waals surface area (Å²) in [6.07, 6.45) is 1.77. The van der Waals surface area contributed by atoms with Crippen LogP contribution in [-0.4, -0.2) is 36.8 Å². The summed E-state index contributed by atoms with van der Waals surface area (Å²) in [7, 11) is 0. The third-order valence-corrected chi connectivity index (χ3v) is 5.67. The van der Waals surface area contributed by atoms with Crippen LogP contribution in [0.25, 0.3) is 11.2 Å². The number of aromatic nitrogens is 4. The lowest BCUT2D eigenvalue weighted by Gasteiger charge is -2.26. The summed E-state index contributed by atoms with van der Waals surface area (Å²) in [5, 5.41) is 17.3. The SMILES string of the molecule is CC(C)n1cnc2c(NCc3cccc(Cl)c3N)nc(NCC(C)C(C)(C)O)nc21. The summed E-state index contributed by atoms with van der Waals surface area (Å²) >= 11 is 6.14. The van der Waals surface area contributed by atoms with E-state index in [1.54, 1.807) is 26.2 Å². The van der Waals surface area contributed by atoms with Crippen molar-refractivity contribution >= 4 is 40.2 Å². The molecule has 2 heterocycles. The van der Waals surface area contributed by atoms with Gasteiger partial charge in [0.1, 0.15) is 0 Å². The molecule has 1 atom stereocenters. The number of nitrogen functional groups attached to an aromatic ring is 1. The maximum absolute atomic E-state index is 10.2. The molecular formula is C21H30ClN7O. The third kappa shape index (κ3) is 4.76. The highest BCUT2D eigenvalue weighted by atomic mass is 35.5.